The highest BCUT2D eigenvalue weighted by atomic mass is 32.1. The van der Waals surface area contributed by atoms with Crippen molar-refractivity contribution in [1.82, 2.24) is 10.2 Å². The number of anilines is 2. The third-order valence-electron chi connectivity index (χ3n) is 2.55. The zero-order chi connectivity index (χ0) is 14.5. The van der Waals surface area contributed by atoms with Crippen LogP contribution in [-0.2, 0) is 6.42 Å². The van der Waals surface area contributed by atoms with E-state index >= 15 is 0 Å². The number of nitrogens with zero attached hydrogens (tertiary/aromatic N) is 2. The maximum Gasteiger partial charge on any atom is 0.325 e. The van der Waals surface area contributed by atoms with Crippen LogP contribution in [0, 0.1) is 12.8 Å². The van der Waals surface area contributed by atoms with Gasteiger partial charge in [-0.2, -0.15) is 0 Å². The highest BCUT2D eigenvalue weighted by molar-refractivity contribution is 7.15. The van der Waals surface area contributed by atoms with Gasteiger partial charge in [-0.3, -0.25) is 5.32 Å². The smallest absolute Gasteiger partial charge is 0.308 e. The van der Waals surface area contributed by atoms with E-state index in [0.29, 0.717) is 11.0 Å². The molecule has 0 aliphatic rings. The molecule has 0 atom stereocenters. The van der Waals surface area contributed by atoms with Crippen molar-refractivity contribution in [1.29, 1.82) is 0 Å². The maximum absolute atomic E-state index is 11.8. The second kappa shape index (κ2) is 6.47. The number of benzene rings is 1. The number of aryl methyl sites for hydroxylation is 1. The van der Waals surface area contributed by atoms with Crippen LogP contribution in [0.2, 0.25) is 0 Å². The van der Waals surface area contributed by atoms with Gasteiger partial charge in [0.25, 0.3) is 0 Å². The van der Waals surface area contributed by atoms with Crippen LogP contribution in [0.5, 0.6) is 0 Å². The van der Waals surface area contributed by atoms with Crippen LogP contribution in [0.1, 0.15) is 24.4 Å². The Labute approximate surface area is 122 Å². The Morgan fingerprint density at radius 2 is 2.10 bits per heavy atom. The fourth-order valence-corrected chi connectivity index (χ4v) is 2.67. The lowest BCUT2D eigenvalue weighted by Gasteiger charge is -2.05. The van der Waals surface area contributed by atoms with E-state index in [1.165, 1.54) is 11.3 Å². The molecule has 0 aliphatic heterocycles. The second-order valence-electron chi connectivity index (χ2n) is 5.05. The van der Waals surface area contributed by atoms with Gasteiger partial charge in [-0.15, -0.1) is 10.2 Å². The number of carbonyl (C=O) groups is 1. The number of hydrogen-bond donors (Lipinski definition) is 2. The average molecular weight is 290 g/mol. The van der Waals surface area contributed by atoms with Crippen molar-refractivity contribution in [3.63, 3.8) is 0 Å². The first-order chi connectivity index (χ1) is 9.52. The number of aromatic nitrogens is 2. The predicted octanol–water partition coefficient (Wildman–Crippen LogP) is 3.69. The van der Waals surface area contributed by atoms with Crippen LogP contribution in [0.15, 0.2) is 24.3 Å². The van der Waals surface area contributed by atoms with Gasteiger partial charge in [0.2, 0.25) is 5.13 Å². The summed E-state index contributed by atoms with van der Waals surface area (Å²) in [5.41, 5.74) is 1.85. The molecule has 2 N–H and O–H groups in total. The zero-order valence-electron chi connectivity index (χ0n) is 11.8. The molecule has 0 spiro atoms. The maximum atomic E-state index is 11.8. The van der Waals surface area contributed by atoms with Gasteiger partial charge in [0.15, 0.2) is 0 Å². The highest BCUT2D eigenvalue weighted by Crippen LogP contribution is 2.18. The van der Waals surface area contributed by atoms with Crippen molar-refractivity contribution in [2.75, 3.05) is 10.6 Å². The molecule has 6 heteroatoms. The summed E-state index contributed by atoms with van der Waals surface area (Å²) in [4.78, 5) is 11.8. The molecule has 2 aromatic rings. The molecule has 0 aliphatic carbocycles. The molecule has 2 rings (SSSR count). The number of carbonyl (C=O) groups excluding carboxylic acids is 1. The molecule has 1 aromatic heterocycles. The van der Waals surface area contributed by atoms with Crippen molar-refractivity contribution in [3.05, 3.63) is 34.8 Å². The molecule has 0 fully saturated rings. The van der Waals surface area contributed by atoms with E-state index in [-0.39, 0.29) is 6.03 Å². The molecule has 0 saturated carbocycles. The van der Waals surface area contributed by atoms with E-state index in [1.54, 1.807) is 0 Å². The summed E-state index contributed by atoms with van der Waals surface area (Å²) in [7, 11) is 0. The highest BCUT2D eigenvalue weighted by Gasteiger charge is 2.09. The molecule has 1 heterocycles. The number of urea groups is 1. The van der Waals surface area contributed by atoms with Crippen molar-refractivity contribution in [3.8, 4) is 0 Å². The minimum absolute atomic E-state index is 0.303. The van der Waals surface area contributed by atoms with Crippen LogP contribution in [-0.4, -0.2) is 16.2 Å². The fraction of sp³-hybridized carbons (Fsp3) is 0.357. The molecular formula is C14H18N4OS. The summed E-state index contributed by atoms with van der Waals surface area (Å²) in [5.74, 6) is 0.525. The monoisotopic (exact) mass is 290 g/mol. The molecule has 0 unspecified atom stereocenters. The SMILES string of the molecule is Cc1cccc(NC(=O)Nc2nnc(CC(C)C)s2)c1. The van der Waals surface area contributed by atoms with Gasteiger partial charge in [0.05, 0.1) is 0 Å². The largest absolute Gasteiger partial charge is 0.325 e. The first kappa shape index (κ1) is 14.5. The van der Waals surface area contributed by atoms with E-state index in [9.17, 15) is 4.79 Å². The fourth-order valence-electron chi connectivity index (χ4n) is 1.72. The third kappa shape index (κ3) is 4.31. The summed E-state index contributed by atoms with van der Waals surface area (Å²) in [6.45, 7) is 6.23. The second-order valence-corrected chi connectivity index (χ2v) is 6.11. The van der Waals surface area contributed by atoms with E-state index in [4.69, 9.17) is 0 Å². The Morgan fingerprint density at radius 1 is 1.30 bits per heavy atom. The lowest BCUT2D eigenvalue weighted by Crippen LogP contribution is -2.19. The number of nitrogens with one attached hydrogen (secondary N) is 2. The van der Waals surface area contributed by atoms with Crippen LogP contribution >= 0.6 is 11.3 Å². The Balaban J connectivity index is 1.93. The van der Waals surface area contributed by atoms with E-state index in [0.717, 1.165) is 22.7 Å². The molecule has 2 amide bonds. The molecule has 5 nitrogen and oxygen atoms in total. The van der Waals surface area contributed by atoms with Gasteiger partial charge < -0.3 is 5.32 Å². The molecule has 20 heavy (non-hydrogen) atoms. The standard InChI is InChI=1S/C14H18N4OS/c1-9(2)7-12-17-18-14(20-12)16-13(19)15-11-6-4-5-10(3)8-11/h4-6,8-9H,7H2,1-3H3,(H2,15,16,18,19). The van der Waals surface area contributed by atoms with Crippen molar-refractivity contribution in [2.24, 2.45) is 5.92 Å². The molecule has 0 radical (unpaired) electrons. The predicted molar refractivity (Wildman–Crippen MR) is 82.3 cm³/mol. The van der Waals surface area contributed by atoms with Crippen molar-refractivity contribution in [2.45, 2.75) is 27.2 Å². The van der Waals surface area contributed by atoms with Crippen LogP contribution in [0.4, 0.5) is 15.6 Å². The Bertz CT molecular complexity index is 594. The van der Waals surface area contributed by atoms with E-state index in [2.05, 4.69) is 34.7 Å². The first-order valence-electron chi connectivity index (χ1n) is 6.50. The normalized spacial score (nSPS) is 10.6. The van der Waals surface area contributed by atoms with Gasteiger partial charge in [-0.1, -0.05) is 37.3 Å². The van der Waals surface area contributed by atoms with E-state index in [1.807, 2.05) is 31.2 Å². The number of hydrogen-bond acceptors (Lipinski definition) is 4. The van der Waals surface area contributed by atoms with Gasteiger partial charge in [-0.25, -0.2) is 4.79 Å². The summed E-state index contributed by atoms with van der Waals surface area (Å²) in [6, 6.07) is 7.33. The summed E-state index contributed by atoms with van der Waals surface area (Å²) < 4.78 is 0. The summed E-state index contributed by atoms with van der Waals surface area (Å²) in [6.07, 6.45) is 0.874. The number of amides is 2. The van der Waals surface area contributed by atoms with Crippen molar-refractivity contribution < 1.29 is 4.79 Å². The van der Waals surface area contributed by atoms with E-state index < -0.39 is 0 Å². The minimum atomic E-state index is -0.303. The summed E-state index contributed by atoms with van der Waals surface area (Å²) >= 11 is 1.41. The quantitative estimate of drug-likeness (QED) is 0.902. The summed E-state index contributed by atoms with van der Waals surface area (Å²) in [5, 5.41) is 14.9. The molecule has 106 valence electrons. The Kier molecular flexibility index (Phi) is 4.68. The molecule has 1 aromatic carbocycles. The third-order valence-corrected chi connectivity index (χ3v) is 3.41. The molecule has 0 saturated heterocycles. The number of rotatable bonds is 4. The minimum Gasteiger partial charge on any atom is -0.308 e. The van der Waals surface area contributed by atoms with Crippen LogP contribution in [0.25, 0.3) is 0 Å². The lowest BCUT2D eigenvalue weighted by atomic mass is 10.1. The average Bonchev–Trinajstić information content (AvgIpc) is 2.75. The van der Waals surface area contributed by atoms with Gasteiger partial charge in [0.1, 0.15) is 5.01 Å². The molecule has 0 bridgehead atoms. The first-order valence-corrected chi connectivity index (χ1v) is 7.31. The van der Waals surface area contributed by atoms with Crippen LogP contribution in [0.3, 0.4) is 0 Å². The topological polar surface area (TPSA) is 66.9 Å². The van der Waals surface area contributed by atoms with Crippen molar-refractivity contribution >= 4 is 28.2 Å². The van der Waals surface area contributed by atoms with Crippen LogP contribution < -0.4 is 10.6 Å². The van der Waals surface area contributed by atoms with Gasteiger partial charge in [0, 0.05) is 12.1 Å². The molecular weight excluding hydrogens is 272 g/mol. The lowest BCUT2D eigenvalue weighted by molar-refractivity contribution is 0.262. The zero-order valence-corrected chi connectivity index (χ0v) is 12.6. The van der Waals surface area contributed by atoms with Gasteiger partial charge in [-0.05, 0) is 30.5 Å². The Morgan fingerprint density at radius 3 is 2.80 bits per heavy atom. The van der Waals surface area contributed by atoms with Gasteiger partial charge >= 0.3 is 6.03 Å². The Hall–Kier alpha value is -1.95.